The average molecular weight is 271 g/mol. The van der Waals surface area contributed by atoms with Crippen molar-refractivity contribution < 1.29 is 24.3 Å². The van der Waals surface area contributed by atoms with Crippen molar-refractivity contribution in [3.63, 3.8) is 0 Å². The predicted octanol–water partition coefficient (Wildman–Crippen LogP) is 0.636. The summed E-state index contributed by atoms with van der Waals surface area (Å²) >= 11 is 0. The van der Waals surface area contributed by atoms with Crippen LogP contribution < -0.4 is 5.32 Å². The van der Waals surface area contributed by atoms with Crippen LogP contribution in [0.1, 0.15) is 22.7 Å². The molecule has 0 amide bonds. The SMILES string of the molecule is O=C(O)C1NCCc2cc(CP(=O)(O)O)ccc21. The fourth-order valence-electron chi connectivity index (χ4n) is 2.17. The normalized spacial score (nSPS) is 19.3. The first-order valence-corrected chi connectivity index (χ1v) is 7.29. The van der Waals surface area contributed by atoms with Crippen molar-refractivity contribution in [1.29, 1.82) is 0 Å². The van der Waals surface area contributed by atoms with Gasteiger partial charge in [0.2, 0.25) is 0 Å². The Labute approximate surface area is 104 Å². The number of aliphatic carboxylic acids is 1. The number of hydrogen-bond donors (Lipinski definition) is 4. The minimum atomic E-state index is -4.09. The molecule has 0 saturated heterocycles. The molecule has 1 heterocycles. The van der Waals surface area contributed by atoms with E-state index in [1.807, 2.05) is 0 Å². The van der Waals surface area contributed by atoms with Crippen LogP contribution in [0.3, 0.4) is 0 Å². The average Bonchev–Trinajstić information content (AvgIpc) is 2.25. The van der Waals surface area contributed by atoms with Crippen LogP contribution in [0, 0.1) is 0 Å². The molecule has 18 heavy (non-hydrogen) atoms. The van der Waals surface area contributed by atoms with E-state index in [2.05, 4.69) is 5.32 Å². The number of nitrogens with one attached hydrogen (secondary N) is 1. The zero-order chi connectivity index (χ0) is 13.3. The molecule has 98 valence electrons. The highest BCUT2D eigenvalue weighted by Crippen LogP contribution is 2.39. The van der Waals surface area contributed by atoms with Gasteiger partial charge in [-0.25, -0.2) is 0 Å². The van der Waals surface area contributed by atoms with E-state index in [-0.39, 0.29) is 6.16 Å². The molecule has 0 aliphatic carbocycles. The second kappa shape index (κ2) is 4.82. The largest absolute Gasteiger partial charge is 0.480 e. The van der Waals surface area contributed by atoms with Crippen LogP contribution in [0.5, 0.6) is 0 Å². The molecular weight excluding hydrogens is 257 g/mol. The molecule has 1 aromatic rings. The quantitative estimate of drug-likeness (QED) is 0.601. The Morgan fingerprint density at radius 1 is 1.44 bits per heavy atom. The van der Waals surface area contributed by atoms with E-state index in [4.69, 9.17) is 14.9 Å². The summed E-state index contributed by atoms with van der Waals surface area (Å²) in [5, 5.41) is 11.9. The van der Waals surface area contributed by atoms with Crippen LogP contribution in [0.4, 0.5) is 0 Å². The first-order chi connectivity index (χ1) is 8.37. The van der Waals surface area contributed by atoms with Crippen LogP contribution >= 0.6 is 7.60 Å². The van der Waals surface area contributed by atoms with Crippen LogP contribution in [0.25, 0.3) is 0 Å². The summed E-state index contributed by atoms with van der Waals surface area (Å²) in [6, 6.07) is 4.15. The Bertz CT molecular complexity index is 524. The standard InChI is InChI=1S/C11H14NO5P/c13-11(14)10-9-2-1-7(6-18(15,16)17)5-8(9)3-4-12-10/h1-2,5,10,12H,3-4,6H2,(H,13,14)(H2,15,16,17). The molecule has 7 heteroatoms. The smallest absolute Gasteiger partial charge is 0.329 e. The zero-order valence-electron chi connectivity index (χ0n) is 9.54. The number of carboxylic acids is 1. The van der Waals surface area contributed by atoms with Crippen molar-refractivity contribution in [2.24, 2.45) is 0 Å². The maximum absolute atomic E-state index is 11.0. The Morgan fingerprint density at radius 3 is 2.78 bits per heavy atom. The van der Waals surface area contributed by atoms with E-state index < -0.39 is 19.6 Å². The molecule has 2 rings (SSSR count). The molecule has 0 radical (unpaired) electrons. The Hall–Kier alpha value is -1.20. The highest BCUT2D eigenvalue weighted by molar-refractivity contribution is 7.50. The summed E-state index contributed by atoms with van der Waals surface area (Å²) in [6.45, 7) is 0.545. The number of fused-ring (bicyclic) bond motifs is 1. The molecule has 4 N–H and O–H groups in total. The molecule has 0 aromatic heterocycles. The van der Waals surface area contributed by atoms with Crippen LogP contribution in [-0.2, 0) is 21.9 Å². The van der Waals surface area contributed by atoms with Gasteiger partial charge in [-0.15, -0.1) is 0 Å². The summed E-state index contributed by atoms with van der Waals surface area (Å²) in [5.41, 5.74) is 2.04. The van der Waals surface area contributed by atoms with E-state index in [9.17, 15) is 9.36 Å². The lowest BCUT2D eigenvalue weighted by atomic mass is 9.93. The van der Waals surface area contributed by atoms with Gasteiger partial charge in [0.25, 0.3) is 0 Å². The van der Waals surface area contributed by atoms with Gasteiger partial charge in [0, 0.05) is 6.54 Å². The Kier molecular flexibility index (Phi) is 3.54. The highest BCUT2D eigenvalue weighted by atomic mass is 31.2. The van der Waals surface area contributed by atoms with Crippen molar-refractivity contribution in [2.45, 2.75) is 18.6 Å². The molecule has 0 fully saturated rings. The molecule has 1 atom stereocenters. The van der Waals surface area contributed by atoms with Gasteiger partial charge in [-0.3, -0.25) is 9.36 Å². The first kappa shape index (κ1) is 13.2. The van der Waals surface area contributed by atoms with Crippen molar-refractivity contribution in [3.05, 3.63) is 34.9 Å². The second-order valence-electron chi connectivity index (χ2n) is 4.33. The summed E-state index contributed by atoms with van der Waals surface area (Å²) in [5.74, 6) is -0.946. The predicted molar refractivity (Wildman–Crippen MR) is 64.3 cm³/mol. The number of carboxylic acid groups (broad SMARTS) is 1. The fourth-order valence-corrected chi connectivity index (χ4v) is 2.85. The van der Waals surface area contributed by atoms with Crippen LogP contribution in [0.15, 0.2) is 18.2 Å². The summed E-state index contributed by atoms with van der Waals surface area (Å²) < 4.78 is 10.9. The lowest BCUT2D eigenvalue weighted by Crippen LogP contribution is -2.35. The maximum atomic E-state index is 11.0. The monoisotopic (exact) mass is 271 g/mol. The zero-order valence-corrected chi connectivity index (χ0v) is 10.4. The molecule has 1 aromatic carbocycles. The van der Waals surface area contributed by atoms with E-state index in [1.54, 1.807) is 18.2 Å². The van der Waals surface area contributed by atoms with Gasteiger partial charge in [0.15, 0.2) is 0 Å². The Morgan fingerprint density at radius 2 is 2.17 bits per heavy atom. The summed E-state index contributed by atoms with van der Waals surface area (Å²) in [4.78, 5) is 28.9. The van der Waals surface area contributed by atoms with Gasteiger partial charge >= 0.3 is 13.6 Å². The molecule has 0 bridgehead atoms. The minimum absolute atomic E-state index is 0.314. The summed E-state index contributed by atoms with van der Waals surface area (Å²) in [6.07, 6.45) is 0.347. The van der Waals surface area contributed by atoms with Gasteiger partial charge < -0.3 is 20.2 Å². The third kappa shape index (κ3) is 2.97. The molecule has 0 saturated carbocycles. The van der Waals surface area contributed by atoms with Crippen molar-refractivity contribution in [3.8, 4) is 0 Å². The van der Waals surface area contributed by atoms with Crippen molar-refractivity contribution >= 4 is 13.6 Å². The van der Waals surface area contributed by atoms with Gasteiger partial charge in [-0.1, -0.05) is 18.2 Å². The first-order valence-electron chi connectivity index (χ1n) is 5.49. The molecule has 1 aliphatic heterocycles. The van der Waals surface area contributed by atoms with Gasteiger partial charge in [-0.05, 0) is 23.1 Å². The maximum Gasteiger partial charge on any atom is 0.329 e. The Balaban J connectivity index is 2.32. The number of benzene rings is 1. The number of carbonyl (C=O) groups is 1. The number of rotatable bonds is 3. The summed E-state index contributed by atoms with van der Waals surface area (Å²) in [7, 11) is -4.09. The van der Waals surface area contributed by atoms with Gasteiger partial charge in [-0.2, -0.15) is 0 Å². The molecule has 1 aliphatic rings. The van der Waals surface area contributed by atoms with E-state index in [1.165, 1.54) is 0 Å². The van der Waals surface area contributed by atoms with Crippen LogP contribution in [-0.4, -0.2) is 27.4 Å². The minimum Gasteiger partial charge on any atom is -0.480 e. The molecule has 6 nitrogen and oxygen atoms in total. The molecule has 1 unspecified atom stereocenters. The third-order valence-electron chi connectivity index (χ3n) is 2.90. The molecular formula is C11H14NO5P. The highest BCUT2D eigenvalue weighted by Gasteiger charge is 2.26. The number of hydrogen-bond acceptors (Lipinski definition) is 3. The third-order valence-corrected chi connectivity index (χ3v) is 3.67. The van der Waals surface area contributed by atoms with E-state index in [0.29, 0.717) is 24.1 Å². The topological polar surface area (TPSA) is 107 Å². The van der Waals surface area contributed by atoms with Crippen molar-refractivity contribution in [2.75, 3.05) is 6.54 Å². The van der Waals surface area contributed by atoms with E-state index >= 15 is 0 Å². The lowest BCUT2D eigenvalue weighted by molar-refractivity contribution is -0.139. The van der Waals surface area contributed by atoms with Crippen molar-refractivity contribution in [1.82, 2.24) is 5.32 Å². The van der Waals surface area contributed by atoms with Gasteiger partial charge in [0.05, 0.1) is 6.16 Å². The van der Waals surface area contributed by atoms with Gasteiger partial charge in [0.1, 0.15) is 6.04 Å². The molecule has 0 spiro atoms. The fraction of sp³-hybridized carbons (Fsp3) is 0.364. The lowest BCUT2D eigenvalue weighted by Gasteiger charge is -2.24. The van der Waals surface area contributed by atoms with E-state index in [0.717, 1.165) is 5.56 Å². The second-order valence-corrected chi connectivity index (χ2v) is 5.98. The van der Waals surface area contributed by atoms with Crippen LogP contribution in [0.2, 0.25) is 0 Å².